The van der Waals surface area contributed by atoms with Crippen molar-refractivity contribution in [3.63, 3.8) is 0 Å². The van der Waals surface area contributed by atoms with Gasteiger partial charge in [-0.3, -0.25) is 29.3 Å². The van der Waals surface area contributed by atoms with Gasteiger partial charge in [-0.2, -0.15) is 0 Å². The van der Waals surface area contributed by atoms with Crippen LogP contribution in [0.5, 0.6) is 0 Å². The van der Waals surface area contributed by atoms with Crippen LogP contribution in [0.4, 0.5) is 9.93 Å². The third-order valence-corrected chi connectivity index (χ3v) is 11.0. The van der Waals surface area contributed by atoms with Crippen molar-refractivity contribution >= 4 is 58.0 Å². The molecule has 4 fully saturated rings. The van der Waals surface area contributed by atoms with Crippen LogP contribution in [0.15, 0.2) is 41.9 Å². The van der Waals surface area contributed by atoms with E-state index in [1.807, 2.05) is 13.0 Å². The summed E-state index contributed by atoms with van der Waals surface area (Å²) >= 11 is 1.20. The van der Waals surface area contributed by atoms with Crippen molar-refractivity contribution < 1.29 is 38.3 Å². The second-order valence-electron chi connectivity index (χ2n) is 14.2. The Bertz CT molecular complexity index is 1690. The standard InChI is InChI=1S/C36H46N8O8S/c1-21-17-28-34(50)52-20-25(39-29(45)24(18-23-9-4-3-5-10-23)40-35(51)41-36-37-13-16-53-36)32(48)43-15-8-12-27(43)33(49)42-14-7-6-11-26(42)30(46)38-22(2)31(47)44(28)19-21/h3-5,9-10,13,16,21-22,24-28H,6-8,11-12,14-15,17-20H2,1-2H3,(H,38,46)(H,39,45)(H2,37,40,41,51). The number of benzene rings is 1. The van der Waals surface area contributed by atoms with Gasteiger partial charge in [0.2, 0.25) is 29.5 Å². The van der Waals surface area contributed by atoms with E-state index >= 15 is 0 Å². The SMILES string of the molecule is CC1CC2C(=O)OCC(NC(=O)C(Cc3ccccc3)NC(=O)Nc3nccs3)C(=O)N3CCCC3C(=O)N3CCCCC3C(=O)NC(C)C(=O)N2C1. The molecule has 7 amide bonds. The number of hydrogen-bond acceptors (Lipinski definition) is 10. The number of piperidine rings is 1. The summed E-state index contributed by atoms with van der Waals surface area (Å²) in [7, 11) is 0. The maximum absolute atomic E-state index is 14.4. The van der Waals surface area contributed by atoms with E-state index in [1.54, 1.807) is 36.6 Å². The molecule has 284 valence electrons. The minimum atomic E-state index is -1.43. The van der Waals surface area contributed by atoms with Crippen LogP contribution in [0.3, 0.4) is 0 Å². The molecule has 0 spiro atoms. The summed E-state index contributed by atoms with van der Waals surface area (Å²) in [6.07, 6.45) is 4.54. The zero-order valence-electron chi connectivity index (χ0n) is 29.8. The van der Waals surface area contributed by atoms with E-state index in [9.17, 15) is 33.6 Å². The molecule has 7 unspecified atom stereocenters. The molecule has 17 heteroatoms. The van der Waals surface area contributed by atoms with Crippen molar-refractivity contribution in [2.24, 2.45) is 5.92 Å². The number of cyclic esters (lactones) is 1. The summed E-state index contributed by atoms with van der Waals surface area (Å²) in [5, 5.41) is 12.8. The van der Waals surface area contributed by atoms with Gasteiger partial charge in [0.1, 0.15) is 42.9 Å². The van der Waals surface area contributed by atoms with E-state index < -0.39 is 78.5 Å². The Kier molecular flexibility index (Phi) is 11.9. The number of ether oxygens (including phenoxy) is 1. The van der Waals surface area contributed by atoms with Gasteiger partial charge in [0.25, 0.3) is 0 Å². The number of rotatable bonds is 6. The van der Waals surface area contributed by atoms with Crippen LogP contribution >= 0.6 is 11.3 Å². The lowest BCUT2D eigenvalue weighted by molar-refractivity contribution is -0.158. The average Bonchev–Trinajstić information content (AvgIpc) is 3.94. The third-order valence-electron chi connectivity index (χ3n) is 10.3. The molecule has 4 N–H and O–H groups in total. The Morgan fingerprint density at radius 1 is 0.925 bits per heavy atom. The Morgan fingerprint density at radius 3 is 2.42 bits per heavy atom. The molecule has 4 saturated heterocycles. The fourth-order valence-electron chi connectivity index (χ4n) is 7.62. The van der Waals surface area contributed by atoms with Crippen molar-refractivity contribution in [1.82, 2.24) is 35.6 Å². The maximum Gasteiger partial charge on any atom is 0.328 e. The number of amides is 7. The quantitative estimate of drug-likeness (QED) is 0.312. The normalized spacial score (nSPS) is 27.6. The number of thiazole rings is 1. The highest BCUT2D eigenvalue weighted by Crippen LogP contribution is 2.28. The molecule has 16 nitrogen and oxygen atoms in total. The minimum absolute atomic E-state index is 0.0456. The number of hydrogen-bond donors (Lipinski definition) is 4. The molecule has 53 heavy (non-hydrogen) atoms. The Hall–Kier alpha value is -5.06. The molecule has 4 aliphatic rings. The monoisotopic (exact) mass is 750 g/mol. The van der Waals surface area contributed by atoms with E-state index in [2.05, 4.69) is 26.3 Å². The first-order valence-corrected chi connectivity index (χ1v) is 19.1. The van der Waals surface area contributed by atoms with E-state index in [0.717, 1.165) is 5.56 Å². The molecule has 5 heterocycles. The van der Waals surface area contributed by atoms with Gasteiger partial charge in [-0.15, -0.1) is 11.3 Å². The number of carbonyl (C=O) groups is 7. The second-order valence-corrected chi connectivity index (χ2v) is 15.1. The highest BCUT2D eigenvalue weighted by atomic mass is 32.1. The van der Waals surface area contributed by atoms with Crippen LogP contribution in [0.25, 0.3) is 0 Å². The lowest BCUT2D eigenvalue weighted by Gasteiger charge is -2.39. The summed E-state index contributed by atoms with van der Waals surface area (Å²) in [4.78, 5) is 105. The second kappa shape index (κ2) is 16.7. The van der Waals surface area contributed by atoms with Gasteiger partial charge in [0.15, 0.2) is 5.13 Å². The molecule has 0 saturated carbocycles. The lowest BCUT2D eigenvalue weighted by atomic mass is 9.99. The third kappa shape index (κ3) is 8.77. The number of aromatic nitrogens is 1. The van der Waals surface area contributed by atoms with Gasteiger partial charge in [-0.1, -0.05) is 37.3 Å². The number of anilines is 1. The fraction of sp³-hybridized carbons (Fsp3) is 0.556. The number of esters is 1. The summed E-state index contributed by atoms with van der Waals surface area (Å²) in [6, 6.07) is 2.04. The van der Waals surface area contributed by atoms with Gasteiger partial charge < -0.3 is 35.4 Å². The molecule has 1 aromatic heterocycles. The molecule has 4 aliphatic heterocycles. The van der Waals surface area contributed by atoms with Crippen LogP contribution < -0.4 is 21.3 Å². The van der Waals surface area contributed by atoms with Crippen molar-refractivity contribution in [2.75, 3.05) is 31.6 Å². The van der Waals surface area contributed by atoms with E-state index in [0.29, 0.717) is 50.2 Å². The first-order valence-electron chi connectivity index (χ1n) is 18.2. The number of nitrogens with zero attached hydrogens (tertiary/aromatic N) is 4. The molecular formula is C36H46N8O8S. The van der Waals surface area contributed by atoms with Crippen LogP contribution in [-0.4, -0.2) is 124 Å². The first-order chi connectivity index (χ1) is 25.5. The molecule has 6 rings (SSSR count). The predicted molar refractivity (Wildman–Crippen MR) is 192 cm³/mol. The Balaban J connectivity index is 1.30. The molecule has 0 radical (unpaired) electrons. The van der Waals surface area contributed by atoms with Gasteiger partial charge in [-0.05, 0) is 56.9 Å². The molecule has 2 aromatic rings. The zero-order chi connectivity index (χ0) is 37.6. The zero-order valence-corrected chi connectivity index (χ0v) is 30.6. The van der Waals surface area contributed by atoms with Gasteiger partial charge in [0, 0.05) is 37.6 Å². The largest absolute Gasteiger partial charge is 0.461 e. The first kappa shape index (κ1) is 37.7. The van der Waals surface area contributed by atoms with Crippen LogP contribution in [0.2, 0.25) is 0 Å². The van der Waals surface area contributed by atoms with Gasteiger partial charge in [-0.25, -0.2) is 14.6 Å². The highest BCUT2D eigenvalue weighted by Gasteiger charge is 2.46. The molecule has 0 bridgehead atoms. The summed E-state index contributed by atoms with van der Waals surface area (Å²) in [5.41, 5.74) is 0.734. The smallest absolute Gasteiger partial charge is 0.328 e. The number of fused-ring (bicyclic) bond motifs is 3. The van der Waals surface area contributed by atoms with Crippen molar-refractivity contribution in [3.05, 3.63) is 47.5 Å². The van der Waals surface area contributed by atoms with Crippen LogP contribution in [0.1, 0.15) is 57.9 Å². The predicted octanol–water partition coefficient (Wildman–Crippen LogP) is 1.03. The Morgan fingerprint density at radius 2 is 1.66 bits per heavy atom. The van der Waals surface area contributed by atoms with Crippen LogP contribution in [0, 0.1) is 5.92 Å². The summed E-state index contributed by atoms with van der Waals surface area (Å²) in [6.45, 7) is 3.67. The maximum atomic E-state index is 14.4. The van der Waals surface area contributed by atoms with Crippen molar-refractivity contribution in [3.8, 4) is 0 Å². The molecular weight excluding hydrogens is 705 g/mol. The molecule has 0 aliphatic carbocycles. The Labute approximate surface area is 311 Å². The topological polar surface area (TPSA) is 199 Å². The molecule has 1 aromatic carbocycles. The average molecular weight is 751 g/mol. The van der Waals surface area contributed by atoms with Gasteiger partial charge >= 0.3 is 12.0 Å². The lowest BCUT2D eigenvalue weighted by Crippen LogP contribution is -2.62. The minimum Gasteiger partial charge on any atom is -0.461 e. The van der Waals surface area contributed by atoms with E-state index in [1.165, 1.54) is 32.2 Å². The van der Waals surface area contributed by atoms with Gasteiger partial charge in [0.05, 0.1) is 0 Å². The van der Waals surface area contributed by atoms with Crippen molar-refractivity contribution in [1.29, 1.82) is 0 Å². The number of nitrogens with one attached hydrogen (secondary N) is 4. The number of carbonyl (C=O) groups excluding carboxylic acids is 7. The van der Waals surface area contributed by atoms with Crippen molar-refractivity contribution in [2.45, 2.75) is 95.0 Å². The highest BCUT2D eigenvalue weighted by molar-refractivity contribution is 7.13. The van der Waals surface area contributed by atoms with Crippen LogP contribution in [-0.2, 0) is 39.9 Å². The van der Waals surface area contributed by atoms with E-state index in [-0.39, 0.29) is 31.3 Å². The summed E-state index contributed by atoms with van der Waals surface area (Å²) < 4.78 is 5.72. The van der Waals surface area contributed by atoms with E-state index in [4.69, 9.17) is 4.74 Å². The molecule has 7 atom stereocenters. The summed E-state index contributed by atoms with van der Waals surface area (Å²) in [5.74, 6) is -3.47. The number of urea groups is 1. The fourth-order valence-corrected chi connectivity index (χ4v) is 8.15.